The minimum atomic E-state index is -1.03. The van der Waals surface area contributed by atoms with Crippen LogP contribution in [0.5, 0.6) is 0 Å². The molecule has 0 fully saturated rings. The van der Waals surface area contributed by atoms with Crippen molar-refractivity contribution in [2.75, 3.05) is 11.1 Å². The summed E-state index contributed by atoms with van der Waals surface area (Å²) >= 11 is 2.49. The summed E-state index contributed by atoms with van der Waals surface area (Å²) in [6.07, 6.45) is 1.75. The number of benzene rings is 1. The molecular formula is C18H17F2N3O2S2. The standard InChI is InChI=1S/C18H17F2N3O2S2/c1-2-3-7-23-17(25)16-14(6-8-26-16)22-18(23)27-10-15(24)21-11-4-5-12(19)13(20)9-11/h4-6,8-9H,2-3,7,10H2,1H3,(H,21,24). The van der Waals surface area contributed by atoms with Crippen LogP contribution in [0.15, 0.2) is 39.6 Å². The van der Waals surface area contributed by atoms with E-state index in [4.69, 9.17) is 0 Å². The summed E-state index contributed by atoms with van der Waals surface area (Å²) < 4.78 is 28.4. The topological polar surface area (TPSA) is 64.0 Å². The van der Waals surface area contributed by atoms with Gasteiger partial charge in [0.15, 0.2) is 16.8 Å². The molecule has 0 aliphatic rings. The molecule has 0 spiro atoms. The Morgan fingerprint density at radius 2 is 2.11 bits per heavy atom. The zero-order valence-electron chi connectivity index (χ0n) is 14.5. The van der Waals surface area contributed by atoms with Crippen LogP contribution in [-0.4, -0.2) is 21.2 Å². The first-order valence-electron chi connectivity index (χ1n) is 8.35. The Kier molecular flexibility index (Phi) is 6.22. The number of carbonyl (C=O) groups excluding carboxylic acids is 1. The normalized spacial score (nSPS) is 11.1. The molecule has 0 aliphatic carbocycles. The molecule has 0 bridgehead atoms. The van der Waals surface area contributed by atoms with Crippen molar-refractivity contribution in [1.29, 1.82) is 0 Å². The number of hydrogen-bond acceptors (Lipinski definition) is 5. The van der Waals surface area contributed by atoms with Crippen molar-refractivity contribution in [3.8, 4) is 0 Å². The summed E-state index contributed by atoms with van der Waals surface area (Å²) in [5.74, 6) is -2.41. The monoisotopic (exact) mass is 409 g/mol. The predicted molar refractivity (Wildman–Crippen MR) is 104 cm³/mol. The molecule has 3 rings (SSSR count). The summed E-state index contributed by atoms with van der Waals surface area (Å²) in [6, 6.07) is 4.93. The average Bonchev–Trinajstić information content (AvgIpc) is 3.11. The van der Waals surface area contributed by atoms with Crippen molar-refractivity contribution in [3.05, 3.63) is 51.6 Å². The number of nitrogens with zero attached hydrogens (tertiary/aromatic N) is 2. The Hall–Kier alpha value is -2.26. The highest BCUT2D eigenvalue weighted by atomic mass is 32.2. The van der Waals surface area contributed by atoms with Gasteiger partial charge in [0, 0.05) is 18.3 Å². The van der Waals surface area contributed by atoms with Crippen molar-refractivity contribution in [2.45, 2.75) is 31.5 Å². The summed E-state index contributed by atoms with van der Waals surface area (Å²) in [5.41, 5.74) is 0.678. The van der Waals surface area contributed by atoms with E-state index >= 15 is 0 Å². The van der Waals surface area contributed by atoms with Gasteiger partial charge in [0.1, 0.15) is 4.70 Å². The van der Waals surface area contributed by atoms with Gasteiger partial charge in [-0.2, -0.15) is 0 Å². The lowest BCUT2D eigenvalue weighted by atomic mass is 10.3. The molecule has 0 saturated heterocycles. The Labute approximate surface area is 162 Å². The second-order valence-corrected chi connectivity index (χ2v) is 7.66. The number of halogens is 2. The van der Waals surface area contributed by atoms with E-state index in [2.05, 4.69) is 10.3 Å². The van der Waals surface area contributed by atoms with Gasteiger partial charge in [-0.15, -0.1) is 11.3 Å². The maximum Gasteiger partial charge on any atom is 0.272 e. The van der Waals surface area contributed by atoms with Crippen LogP contribution in [0.2, 0.25) is 0 Å². The lowest BCUT2D eigenvalue weighted by Gasteiger charge is -2.11. The number of anilines is 1. The molecule has 1 N–H and O–H groups in total. The highest BCUT2D eigenvalue weighted by molar-refractivity contribution is 7.99. The van der Waals surface area contributed by atoms with Crippen LogP contribution in [0, 0.1) is 11.6 Å². The van der Waals surface area contributed by atoms with Crippen LogP contribution in [0.25, 0.3) is 10.2 Å². The molecule has 1 aromatic carbocycles. The molecule has 27 heavy (non-hydrogen) atoms. The van der Waals surface area contributed by atoms with Crippen LogP contribution in [-0.2, 0) is 11.3 Å². The van der Waals surface area contributed by atoms with Crippen LogP contribution in [0.1, 0.15) is 19.8 Å². The number of unbranched alkanes of at least 4 members (excludes halogenated alkanes) is 1. The van der Waals surface area contributed by atoms with Crippen LogP contribution in [0.4, 0.5) is 14.5 Å². The van der Waals surface area contributed by atoms with E-state index in [9.17, 15) is 18.4 Å². The summed E-state index contributed by atoms with van der Waals surface area (Å²) in [6.45, 7) is 2.56. The number of carbonyl (C=O) groups is 1. The number of aromatic nitrogens is 2. The number of thiophene rings is 1. The van der Waals surface area contributed by atoms with E-state index in [1.807, 2.05) is 12.3 Å². The van der Waals surface area contributed by atoms with Gasteiger partial charge in [-0.3, -0.25) is 14.2 Å². The molecule has 0 radical (unpaired) electrons. The number of hydrogen-bond donors (Lipinski definition) is 1. The molecule has 0 aliphatic heterocycles. The second-order valence-electron chi connectivity index (χ2n) is 5.81. The van der Waals surface area contributed by atoms with Gasteiger partial charge in [-0.25, -0.2) is 13.8 Å². The lowest BCUT2D eigenvalue weighted by Crippen LogP contribution is -2.23. The smallest absolute Gasteiger partial charge is 0.272 e. The number of thioether (sulfide) groups is 1. The summed E-state index contributed by atoms with van der Waals surface area (Å²) in [4.78, 5) is 29.3. The third-order valence-corrected chi connectivity index (χ3v) is 5.67. The van der Waals surface area contributed by atoms with E-state index in [-0.39, 0.29) is 17.0 Å². The first kappa shape index (κ1) is 19.5. The molecule has 0 unspecified atom stereocenters. The lowest BCUT2D eigenvalue weighted by molar-refractivity contribution is -0.113. The minimum Gasteiger partial charge on any atom is -0.325 e. The van der Waals surface area contributed by atoms with Gasteiger partial charge in [0.05, 0.1) is 11.3 Å². The van der Waals surface area contributed by atoms with Crippen molar-refractivity contribution in [3.63, 3.8) is 0 Å². The Balaban J connectivity index is 1.76. The zero-order valence-corrected chi connectivity index (χ0v) is 16.1. The van der Waals surface area contributed by atoms with E-state index in [1.165, 1.54) is 17.4 Å². The molecule has 9 heteroatoms. The minimum absolute atomic E-state index is 0.00674. The molecule has 0 atom stereocenters. The fourth-order valence-corrected chi connectivity index (χ4v) is 4.05. The van der Waals surface area contributed by atoms with Crippen molar-refractivity contribution >= 4 is 44.9 Å². The molecule has 142 valence electrons. The van der Waals surface area contributed by atoms with Crippen LogP contribution in [0.3, 0.4) is 0 Å². The van der Waals surface area contributed by atoms with Gasteiger partial charge in [-0.1, -0.05) is 25.1 Å². The molecule has 5 nitrogen and oxygen atoms in total. The SMILES string of the molecule is CCCCn1c(SCC(=O)Nc2ccc(F)c(F)c2)nc2ccsc2c1=O. The largest absolute Gasteiger partial charge is 0.325 e. The fourth-order valence-electron chi connectivity index (χ4n) is 2.45. The third kappa shape index (κ3) is 4.54. The molecule has 0 saturated carbocycles. The Bertz CT molecular complexity index is 1030. The fraction of sp³-hybridized carbons (Fsp3) is 0.278. The van der Waals surface area contributed by atoms with E-state index < -0.39 is 17.5 Å². The molecule has 3 aromatic rings. The van der Waals surface area contributed by atoms with Crippen molar-refractivity contribution < 1.29 is 13.6 Å². The molecule has 1 amide bonds. The number of rotatable bonds is 7. The predicted octanol–water partition coefficient (Wildman–Crippen LogP) is 4.27. The average molecular weight is 409 g/mol. The van der Waals surface area contributed by atoms with Gasteiger partial charge >= 0.3 is 0 Å². The van der Waals surface area contributed by atoms with E-state index in [0.29, 0.717) is 21.9 Å². The maximum atomic E-state index is 13.2. The van der Waals surface area contributed by atoms with Gasteiger partial charge in [-0.05, 0) is 30.0 Å². The number of amides is 1. The van der Waals surface area contributed by atoms with Crippen molar-refractivity contribution in [2.24, 2.45) is 0 Å². The zero-order chi connectivity index (χ0) is 19.4. The van der Waals surface area contributed by atoms with Gasteiger partial charge in [0.25, 0.3) is 5.56 Å². The van der Waals surface area contributed by atoms with Gasteiger partial charge < -0.3 is 5.32 Å². The second kappa shape index (κ2) is 8.62. The van der Waals surface area contributed by atoms with Crippen molar-refractivity contribution in [1.82, 2.24) is 9.55 Å². The quantitative estimate of drug-likeness (QED) is 0.468. The first-order valence-corrected chi connectivity index (χ1v) is 10.2. The molecule has 2 aromatic heterocycles. The highest BCUT2D eigenvalue weighted by Gasteiger charge is 2.14. The molecular weight excluding hydrogens is 392 g/mol. The first-order chi connectivity index (χ1) is 13.0. The highest BCUT2D eigenvalue weighted by Crippen LogP contribution is 2.22. The van der Waals surface area contributed by atoms with E-state index in [0.717, 1.165) is 36.7 Å². The van der Waals surface area contributed by atoms with E-state index in [1.54, 1.807) is 10.6 Å². The third-order valence-electron chi connectivity index (χ3n) is 3.80. The number of nitrogens with one attached hydrogen (secondary N) is 1. The van der Waals surface area contributed by atoms with Crippen LogP contribution >= 0.6 is 23.1 Å². The molecule has 2 heterocycles. The Morgan fingerprint density at radius 3 is 2.85 bits per heavy atom. The van der Waals surface area contributed by atoms with Crippen LogP contribution < -0.4 is 10.9 Å². The summed E-state index contributed by atoms with van der Waals surface area (Å²) in [5, 5.41) is 4.80. The summed E-state index contributed by atoms with van der Waals surface area (Å²) in [7, 11) is 0. The Morgan fingerprint density at radius 1 is 1.30 bits per heavy atom. The number of fused-ring (bicyclic) bond motifs is 1. The van der Waals surface area contributed by atoms with Gasteiger partial charge in [0.2, 0.25) is 5.91 Å². The maximum absolute atomic E-state index is 13.2.